The van der Waals surface area contributed by atoms with E-state index in [2.05, 4.69) is 15.5 Å². The van der Waals surface area contributed by atoms with Crippen LogP contribution in [-0.2, 0) is 17.8 Å². The van der Waals surface area contributed by atoms with Crippen LogP contribution in [0.5, 0.6) is 5.75 Å². The van der Waals surface area contributed by atoms with Crippen LogP contribution >= 0.6 is 0 Å². The Morgan fingerprint density at radius 1 is 1.30 bits per heavy atom. The van der Waals surface area contributed by atoms with E-state index in [1.807, 2.05) is 37.4 Å². The zero-order valence-corrected chi connectivity index (χ0v) is 11.7. The number of hydrogen-bond donors (Lipinski definition) is 1. The second kappa shape index (κ2) is 7.62. The van der Waals surface area contributed by atoms with Gasteiger partial charge in [-0.15, -0.1) is 0 Å². The zero-order valence-electron chi connectivity index (χ0n) is 11.7. The van der Waals surface area contributed by atoms with E-state index in [4.69, 9.17) is 14.0 Å². The lowest BCUT2D eigenvalue weighted by atomic mass is 10.2. The van der Waals surface area contributed by atoms with E-state index in [0.29, 0.717) is 31.3 Å². The lowest BCUT2D eigenvalue weighted by Crippen LogP contribution is -2.32. The number of nitrogens with zero attached hydrogens (tertiary/aromatic N) is 2. The first-order valence-corrected chi connectivity index (χ1v) is 6.47. The molecule has 0 radical (unpaired) electrons. The summed E-state index contributed by atoms with van der Waals surface area (Å²) in [6.07, 6.45) is 0.628. The third-order valence-electron chi connectivity index (χ3n) is 2.82. The van der Waals surface area contributed by atoms with Gasteiger partial charge in [-0.25, -0.2) is 0 Å². The monoisotopic (exact) mass is 277 g/mol. The molecule has 0 bridgehead atoms. The van der Waals surface area contributed by atoms with Crippen molar-refractivity contribution in [1.29, 1.82) is 0 Å². The molecule has 0 aliphatic heterocycles. The first-order valence-electron chi connectivity index (χ1n) is 6.47. The molecule has 108 valence electrons. The molecule has 2 rings (SSSR count). The number of para-hydroxylation sites is 1. The second-order valence-corrected chi connectivity index (χ2v) is 4.35. The lowest BCUT2D eigenvalue weighted by molar-refractivity contribution is 0.165. The van der Waals surface area contributed by atoms with Crippen molar-refractivity contribution in [3.63, 3.8) is 0 Å². The summed E-state index contributed by atoms with van der Waals surface area (Å²) in [5.41, 5.74) is 0. The minimum Gasteiger partial charge on any atom is -0.485 e. The molecule has 0 aliphatic rings. The molecule has 0 amide bonds. The molecule has 1 aromatic carbocycles. The van der Waals surface area contributed by atoms with Crippen LogP contribution in [-0.4, -0.2) is 36.9 Å². The van der Waals surface area contributed by atoms with Gasteiger partial charge in [0.05, 0.1) is 6.61 Å². The van der Waals surface area contributed by atoms with Gasteiger partial charge in [0.2, 0.25) is 11.7 Å². The van der Waals surface area contributed by atoms with Gasteiger partial charge >= 0.3 is 0 Å². The SMILES string of the molecule is CNC(COC)Cc1nc(COc2ccccc2)no1. The maximum atomic E-state index is 5.56. The number of aromatic nitrogens is 2. The highest BCUT2D eigenvalue weighted by atomic mass is 16.5. The van der Waals surface area contributed by atoms with Gasteiger partial charge in [-0.2, -0.15) is 4.98 Å². The number of likely N-dealkylation sites (N-methyl/N-ethyl adjacent to an activating group) is 1. The molecule has 1 unspecified atom stereocenters. The van der Waals surface area contributed by atoms with Gasteiger partial charge in [0.25, 0.3) is 0 Å². The molecule has 0 saturated carbocycles. The predicted molar refractivity (Wildman–Crippen MR) is 73.5 cm³/mol. The van der Waals surface area contributed by atoms with Gasteiger partial charge in [-0.05, 0) is 19.2 Å². The summed E-state index contributed by atoms with van der Waals surface area (Å²) in [5.74, 6) is 1.90. The van der Waals surface area contributed by atoms with Crippen LogP contribution in [0.2, 0.25) is 0 Å². The minimum absolute atomic E-state index is 0.156. The number of hydrogen-bond acceptors (Lipinski definition) is 6. The van der Waals surface area contributed by atoms with Crippen molar-refractivity contribution in [3.8, 4) is 5.75 Å². The lowest BCUT2D eigenvalue weighted by Gasteiger charge is -2.11. The van der Waals surface area contributed by atoms with E-state index < -0.39 is 0 Å². The van der Waals surface area contributed by atoms with Crippen LogP contribution in [0, 0.1) is 0 Å². The molecule has 0 saturated heterocycles. The fourth-order valence-electron chi connectivity index (χ4n) is 1.75. The van der Waals surface area contributed by atoms with Crippen LogP contribution < -0.4 is 10.1 Å². The van der Waals surface area contributed by atoms with Crippen molar-refractivity contribution in [3.05, 3.63) is 42.0 Å². The van der Waals surface area contributed by atoms with Gasteiger partial charge in [0.1, 0.15) is 5.75 Å². The van der Waals surface area contributed by atoms with Gasteiger partial charge in [-0.1, -0.05) is 23.4 Å². The summed E-state index contributed by atoms with van der Waals surface area (Å²) in [4.78, 5) is 4.30. The topological polar surface area (TPSA) is 69.4 Å². The molecule has 0 fully saturated rings. The molecule has 2 aromatic rings. The molecule has 0 spiro atoms. The summed E-state index contributed by atoms with van der Waals surface area (Å²) in [6.45, 7) is 0.886. The van der Waals surface area contributed by atoms with E-state index in [0.717, 1.165) is 5.75 Å². The highest BCUT2D eigenvalue weighted by molar-refractivity contribution is 5.20. The maximum absolute atomic E-state index is 5.56. The Labute approximate surface area is 118 Å². The fraction of sp³-hybridized carbons (Fsp3) is 0.429. The van der Waals surface area contributed by atoms with Crippen LogP contribution in [0.3, 0.4) is 0 Å². The Balaban J connectivity index is 1.85. The average molecular weight is 277 g/mol. The molecule has 1 N–H and O–H groups in total. The summed E-state index contributed by atoms with van der Waals surface area (Å²) in [5, 5.41) is 7.03. The standard InChI is InChI=1S/C14H19N3O3/c1-15-11(9-18-2)8-14-16-13(17-20-14)10-19-12-6-4-3-5-7-12/h3-7,11,15H,8-10H2,1-2H3. The van der Waals surface area contributed by atoms with E-state index in [-0.39, 0.29) is 6.04 Å². The maximum Gasteiger partial charge on any atom is 0.228 e. The molecular weight excluding hydrogens is 258 g/mol. The molecule has 20 heavy (non-hydrogen) atoms. The summed E-state index contributed by atoms with van der Waals surface area (Å²) in [6, 6.07) is 9.70. The largest absolute Gasteiger partial charge is 0.485 e. The van der Waals surface area contributed by atoms with E-state index in [9.17, 15) is 0 Å². The Morgan fingerprint density at radius 3 is 2.80 bits per heavy atom. The number of nitrogens with one attached hydrogen (secondary N) is 1. The van der Waals surface area contributed by atoms with Crippen molar-refractivity contribution in [2.45, 2.75) is 19.1 Å². The highest BCUT2D eigenvalue weighted by Crippen LogP contribution is 2.10. The quantitative estimate of drug-likeness (QED) is 0.787. The van der Waals surface area contributed by atoms with Gasteiger partial charge in [0, 0.05) is 19.6 Å². The second-order valence-electron chi connectivity index (χ2n) is 4.35. The number of rotatable bonds is 8. The van der Waals surface area contributed by atoms with Crippen molar-refractivity contribution in [2.75, 3.05) is 20.8 Å². The zero-order chi connectivity index (χ0) is 14.2. The van der Waals surface area contributed by atoms with Gasteiger partial charge in [-0.3, -0.25) is 0 Å². The average Bonchev–Trinajstić information content (AvgIpc) is 2.93. The van der Waals surface area contributed by atoms with Crippen LogP contribution in [0.4, 0.5) is 0 Å². The molecule has 0 aliphatic carbocycles. The summed E-state index contributed by atoms with van der Waals surface area (Å²) < 4.78 is 15.9. The van der Waals surface area contributed by atoms with Crippen molar-refractivity contribution < 1.29 is 14.0 Å². The summed E-state index contributed by atoms with van der Waals surface area (Å²) >= 11 is 0. The van der Waals surface area contributed by atoms with Gasteiger partial charge < -0.3 is 19.3 Å². The van der Waals surface area contributed by atoms with Gasteiger partial charge in [0.15, 0.2) is 6.61 Å². The predicted octanol–water partition coefficient (Wildman–Crippen LogP) is 1.43. The third-order valence-corrected chi connectivity index (χ3v) is 2.82. The molecular formula is C14H19N3O3. The molecule has 1 heterocycles. The molecule has 1 aromatic heterocycles. The van der Waals surface area contributed by atoms with E-state index >= 15 is 0 Å². The number of ether oxygens (including phenoxy) is 2. The Bertz CT molecular complexity index is 501. The van der Waals surface area contributed by atoms with Crippen LogP contribution in [0.1, 0.15) is 11.7 Å². The Kier molecular flexibility index (Phi) is 5.52. The summed E-state index contributed by atoms with van der Waals surface area (Å²) in [7, 11) is 3.54. The molecule has 6 nitrogen and oxygen atoms in total. The Hall–Kier alpha value is -1.92. The third kappa shape index (κ3) is 4.32. The number of methoxy groups -OCH3 is 1. The van der Waals surface area contributed by atoms with Crippen molar-refractivity contribution in [1.82, 2.24) is 15.5 Å². The van der Waals surface area contributed by atoms with Crippen molar-refractivity contribution in [2.24, 2.45) is 0 Å². The highest BCUT2D eigenvalue weighted by Gasteiger charge is 2.13. The first-order chi connectivity index (χ1) is 9.81. The smallest absolute Gasteiger partial charge is 0.228 e. The fourth-order valence-corrected chi connectivity index (χ4v) is 1.75. The van der Waals surface area contributed by atoms with Crippen molar-refractivity contribution >= 4 is 0 Å². The number of benzene rings is 1. The normalized spacial score (nSPS) is 12.3. The minimum atomic E-state index is 0.156. The van der Waals surface area contributed by atoms with E-state index in [1.165, 1.54) is 0 Å². The van der Waals surface area contributed by atoms with Crippen LogP contribution in [0.15, 0.2) is 34.9 Å². The van der Waals surface area contributed by atoms with E-state index in [1.54, 1.807) is 7.11 Å². The first kappa shape index (κ1) is 14.5. The molecule has 6 heteroatoms. The van der Waals surface area contributed by atoms with Crippen LogP contribution in [0.25, 0.3) is 0 Å². The Morgan fingerprint density at radius 2 is 2.10 bits per heavy atom. The molecule has 1 atom stereocenters.